The van der Waals surface area contributed by atoms with Crippen molar-refractivity contribution in [1.29, 1.82) is 0 Å². The van der Waals surface area contributed by atoms with Crippen molar-refractivity contribution in [3.63, 3.8) is 0 Å². The molecule has 0 saturated heterocycles. The first-order chi connectivity index (χ1) is 19.3. The fourth-order valence-electron chi connectivity index (χ4n) is 4.61. The first kappa shape index (κ1) is 30.8. The number of fused-ring (bicyclic) bond motifs is 1. The molecule has 2 N–H and O–H groups in total. The second-order valence-corrected chi connectivity index (χ2v) is 13.1. The number of alkyl halides is 3. The van der Waals surface area contributed by atoms with E-state index in [-0.39, 0.29) is 40.3 Å². The maximum absolute atomic E-state index is 13.6. The highest BCUT2D eigenvalue weighted by molar-refractivity contribution is 7.94. The van der Waals surface area contributed by atoms with Gasteiger partial charge in [-0.05, 0) is 61.3 Å². The quantitative estimate of drug-likeness (QED) is 0.357. The summed E-state index contributed by atoms with van der Waals surface area (Å²) in [5.74, 6) is -0.306. The number of aliphatic hydroxyl groups is 1. The first-order valence-electron chi connectivity index (χ1n) is 12.9. The molecule has 1 aliphatic rings. The van der Waals surface area contributed by atoms with E-state index in [1.807, 2.05) is 18.9 Å². The minimum Gasteiger partial charge on any atom is -0.488 e. The number of carbonyl (C=O) groups excluding carboxylic acids is 1. The van der Waals surface area contributed by atoms with Gasteiger partial charge in [-0.25, -0.2) is 8.42 Å². The van der Waals surface area contributed by atoms with Crippen LogP contribution in [0.4, 0.5) is 18.9 Å². The van der Waals surface area contributed by atoms with Crippen molar-refractivity contribution in [3.8, 4) is 5.75 Å². The molecule has 4 rings (SSSR count). The second-order valence-electron chi connectivity index (χ2n) is 10.3. The van der Waals surface area contributed by atoms with Gasteiger partial charge >= 0.3 is 6.18 Å². The second kappa shape index (κ2) is 12.4. The number of carbonyl (C=O) groups is 1. The Morgan fingerprint density at radius 2 is 1.90 bits per heavy atom. The summed E-state index contributed by atoms with van der Waals surface area (Å²) in [5.41, 5.74) is 0.333. The van der Waals surface area contributed by atoms with Crippen molar-refractivity contribution >= 4 is 33.0 Å². The molecule has 2 aromatic carbocycles. The zero-order valence-electron chi connectivity index (χ0n) is 22.8. The van der Waals surface area contributed by atoms with Gasteiger partial charge in [0, 0.05) is 31.2 Å². The summed E-state index contributed by atoms with van der Waals surface area (Å²) in [6.45, 7) is 4.42. The standard InChI is InChI=1S/C28H32F3N3O5S2/c1-18-14-34(19(2)17-35)27(36)23-13-22(32-41(37,38)26-5-4-12-40-26)10-11-24(23)39-25(18)16-33(3)15-20-6-8-21(9-7-20)28(29,30)31/h4-13,18-19,25,32,35H,14-17H2,1-3H3/t18-,19-,25+/m0/s1. The largest absolute Gasteiger partial charge is 0.488 e. The van der Waals surface area contributed by atoms with Gasteiger partial charge in [-0.1, -0.05) is 25.1 Å². The predicted octanol–water partition coefficient (Wildman–Crippen LogP) is 4.92. The number of amides is 1. The minimum absolute atomic E-state index is 0.132. The van der Waals surface area contributed by atoms with Crippen LogP contribution in [0.3, 0.4) is 0 Å². The van der Waals surface area contributed by atoms with Crippen LogP contribution >= 0.6 is 11.3 Å². The van der Waals surface area contributed by atoms with Gasteiger partial charge in [-0.2, -0.15) is 13.2 Å². The van der Waals surface area contributed by atoms with E-state index in [2.05, 4.69) is 4.72 Å². The van der Waals surface area contributed by atoms with Crippen LogP contribution in [-0.4, -0.2) is 68.1 Å². The molecule has 8 nitrogen and oxygen atoms in total. The maximum atomic E-state index is 13.6. The molecular formula is C28H32F3N3O5S2. The number of aliphatic hydroxyl groups excluding tert-OH is 1. The molecule has 3 aromatic rings. The molecule has 41 heavy (non-hydrogen) atoms. The summed E-state index contributed by atoms with van der Waals surface area (Å²) in [7, 11) is -2.02. The normalized spacial score (nSPS) is 18.8. The molecule has 2 heterocycles. The lowest BCUT2D eigenvalue weighted by atomic mass is 9.99. The number of nitrogens with zero attached hydrogens (tertiary/aromatic N) is 2. The molecule has 0 saturated carbocycles. The zero-order valence-corrected chi connectivity index (χ0v) is 24.4. The topological polar surface area (TPSA) is 99.2 Å². The van der Waals surface area contributed by atoms with Crippen molar-refractivity contribution in [2.24, 2.45) is 5.92 Å². The number of likely N-dealkylation sites (N-methyl/N-ethyl adjacent to an activating group) is 1. The Balaban J connectivity index is 1.58. The summed E-state index contributed by atoms with van der Waals surface area (Å²) < 4.78 is 73.3. The van der Waals surface area contributed by atoms with E-state index in [4.69, 9.17) is 4.74 Å². The Kier molecular flexibility index (Phi) is 9.32. The molecule has 0 spiro atoms. The third-order valence-corrected chi connectivity index (χ3v) is 9.68. The van der Waals surface area contributed by atoms with E-state index in [1.165, 1.54) is 30.3 Å². The number of hydrogen-bond acceptors (Lipinski definition) is 7. The number of sulfonamides is 1. The molecule has 1 aliphatic heterocycles. The molecule has 1 amide bonds. The predicted molar refractivity (Wildman–Crippen MR) is 151 cm³/mol. The highest BCUT2D eigenvalue weighted by atomic mass is 32.2. The van der Waals surface area contributed by atoms with E-state index >= 15 is 0 Å². The average Bonchev–Trinajstić information content (AvgIpc) is 3.47. The lowest BCUT2D eigenvalue weighted by Crippen LogP contribution is -2.49. The Labute approximate surface area is 241 Å². The van der Waals surface area contributed by atoms with Crippen LogP contribution in [-0.2, 0) is 22.7 Å². The number of benzene rings is 2. The van der Waals surface area contributed by atoms with E-state index in [0.29, 0.717) is 18.7 Å². The fraction of sp³-hybridized carbons (Fsp3) is 0.393. The van der Waals surface area contributed by atoms with Crippen LogP contribution in [0.1, 0.15) is 35.3 Å². The summed E-state index contributed by atoms with van der Waals surface area (Å²) in [4.78, 5) is 17.1. The SMILES string of the molecule is C[C@H]1CN([C@@H](C)CO)C(=O)c2cc(NS(=O)(=O)c3cccs3)ccc2O[C@@H]1CN(C)Cc1ccc(C(F)(F)F)cc1. The first-order valence-corrected chi connectivity index (χ1v) is 15.3. The van der Waals surface area contributed by atoms with Crippen molar-refractivity contribution in [3.05, 3.63) is 76.7 Å². The zero-order chi connectivity index (χ0) is 29.9. The maximum Gasteiger partial charge on any atom is 0.416 e. The van der Waals surface area contributed by atoms with E-state index in [9.17, 15) is 31.5 Å². The van der Waals surface area contributed by atoms with Gasteiger partial charge in [0.2, 0.25) is 0 Å². The lowest BCUT2D eigenvalue weighted by Gasteiger charge is -2.38. The number of rotatable bonds is 9. The van der Waals surface area contributed by atoms with Gasteiger partial charge in [0.15, 0.2) is 0 Å². The molecule has 0 bridgehead atoms. The van der Waals surface area contributed by atoms with Crippen LogP contribution < -0.4 is 9.46 Å². The van der Waals surface area contributed by atoms with E-state index in [1.54, 1.807) is 29.3 Å². The van der Waals surface area contributed by atoms with Gasteiger partial charge < -0.3 is 14.7 Å². The Hall–Kier alpha value is -3.13. The highest BCUT2D eigenvalue weighted by Crippen LogP contribution is 2.32. The summed E-state index contributed by atoms with van der Waals surface area (Å²) in [6.07, 6.45) is -4.83. The smallest absolute Gasteiger partial charge is 0.416 e. The molecule has 222 valence electrons. The monoisotopic (exact) mass is 611 g/mol. The molecule has 0 unspecified atom stereocenters. The Bertz CT molecular complexity index is 1450. The van der Waals surface area contributed by atoms with Crippen LogP contribution in [0, 0.1) is 5.92 Å². The molecular weight excluding hydrogens is 579 g/mol. The number of thiophene rings is 1. The lowest BCUT2D eigenvalue weighted by molar-refractivity contribution is -0.137. The summed E-state index contributed by atoms with van der Waals surface area (Å²) in [5, 5.41) is 11.5. The van der Waals surface area contributed by atoms with Gasteiger partial charge in [0.25, 0.3) is 15.9 Å². The molecule has 13 heteroatoms. The molecule has 0 aliphatic carbocycles. The average molecular weight is 612 g/mol. The molecule has 1 aromatic heterocycles. The third kappa shape index (κ3) is 7.39. The number of hydrogen-bond donors (Lipinski definition) is 2. The van der Waals surface area contributed by atoms with Gasteiger partial charge in [0.05, 0.1) is 23.8 Å². The number of anilines is 1. The Morgan fingerprint density at radius 1 is 1.20 bits per heavy atom. The third-order valence-electron chi connectivity index (χ3n) is 6.90. The van der Waals surface area contributed by atoms with Crippen LogP contribution in [0.15, 0.2) is 64.2 Å². The van der Waals surface area contributed by atoms with Crippen LogP contribution in [0.5, 0.6) is 5.75 Å². The van der Waals surface area contributed by atoms with Crippen LogP contribution in [0.2, 0.25) is 0 Å². The number of halogens is 3. The summed E-state index contributed by atoms with van der Waals surface area (Å²) >= 11 is 1.07. The summed E-state index contributed by atoms with van der Waals surface area (Å²) in [6, 6.07) is 12.1. The molecule has 0 radical (unpaired) electrons. The van der Waals surface area contributed by atoms with Crippen LogP contribution in [0.25, 0.3) is 0 Å². The van der Waals surface area contributed by atoms with E-state index in [0.717, 1.165) is 23.5 Å². The van der Waals surface area contributed by atoms with Crippen molar-refractivity contribution < 1.29 is 36.2 Å². The molecule has 3 atom stereocenters. The minimum atomic E-state index is -4.40. The number of nitrogens with one attached hydrogen (secondary N) is 1. The molecule has 0 fully saturated rings. The highest BCUT2D eigenvalue weighted by Gasteiger charge is 2.34. The van der Waals surface area contributed by atoms with E-state index < -0.39 is 39.8 Å². The fourth-order valence-corrected chi connectivity index (χ4v) is 6.65. The van der Waals surface area contributed by atoms with Crippen molar-refractivity contribution in [2.45, 2.75) is 42.9 Å². The van der Waals surface area contributed by atoms with Gasteiger partial charge in [-0.3, -0.25) is 14.4 Å². The number of ether oxygens (including phenoxy) is 1. The van der Waals surface area contributed by atoms with Crippen molar-refractivity contribution in [2.75, 3.05) is 31.5 Å². The van der Waals surface area contributed by atoms with Crippen molar-refractivity contribution in [1.82, 2.24) is 9.80 Å². The van der Waals surface area contributed by atoms with Gasteiger partial charge in [-0.15, -0.1) is 11.3 Å². The van der Waals surface area contributed by atoms with Gasteiger partial charge in [0.1, 0.15) is 16.1 Å². The Morgan fingerprint density at radius 3 is 2.51 bits per heavy atom.